The van der Waals surface area contributed by atoms with Gasteiger partial charge in [0, 0.05) is 19.5 Å². The number of hydrogen-bond acceptors (Lipinski definition) is 2. The van der Waals surface area contributed by atoms with Crippen molar-refractivity contribution in [2.75, 3.05) is 13.1 Å². The van der Waals surface area contributed by atoms with Crippen molar-refractivity contribution < 1.29 is 14.7 Å². The first kappa shape index (κ1) is 13.4. The molecule has 1 saturated heterocycles. The third-order valence-corrected chi connectivity index (χ3v) is 4.52. The number of carboxylic acid groups (broad SMARTS) is 1. The zero-order chi connectivity index (χ0) is 13.1. The molecule has 4 nitrogen and oxygen atoms in total. The van der Waals surface area contributed by atoms with Crippen LogP contribution in [0.2, 0.25) is 0 Å². The van der Waals surface area contributed by atoms with Crippen LogP contribution in [0.5, 0.6) is 0 Å². The van der Waals surface area contributed by atoms with Crippen LogP contribution in [-0.4, -0.2) is 35.0 Å². The van der Waals surface area contributed by atoms with Crippen LogP contribution in [0.15, 0.2) is 0 Å². The van der Waals surface area contributed by atoms with Crippen molar-refractivity contribution in [1.82, 2.24) is 4.90 Å². The van der Waals surface area contributed by atoms with Crippen LogP contribution >= 0.6 is 0 Å². The molecule has 0 radical (unpaired) electrons. The van der Waals surface area contributed by atoms with Crippen LogP contribution in [0.1, 0.15) is 45.4 Å². The summed E-state index contributed by atoms with van der Waals surface area (Å²) in [6.07, 6.45) is 6.73. The number of aliphatic carboxylic acids is 1. The first-order chi connectivity index (χ1) is 8.58. The molecule has 1 aliphatic carbocycles. The lowest BCUT2D eigenvalue weighted by Crippen LogP contribution is -2.30. The maximum atomic E-state index is 12.0. The summed E-state index contributed by atoms with van der Waals surface area (Å²) in [7, 11) is 0. The van der Waals surface area contributed by atoms with Gasteiger partial charge in [0.15, 0.2) is 0 Å². The van der Waals surface area contributed by atoms with Gasteiger partial charge in [0.2, 0.25) is 5.91 Å². The van der Waals surface area contributed by atoms with Crippen molar-refractivity contribution in [3.05, 3.63) is 0 Å². The van der Waals surface area contributed by atoms with Crippen molar-refractivity contribution >= 4 is 11.9 Å². The Morgan fingerprint density at radius 3 is 2.44 bits per heavy atom. The van der Waals surface area contributed by atoms with Crippen molar-refractivity contribution in [3.63, 3.8) is 0 Å². The number of carbonyl (C=O) groups is 2. The number of carboxylic acids is 1. The molecular weight excluding hydrogens is 230 g/mol. The van der Waals surface area contributed by atoms with Gasteiger partial charge in [-0.05, 0) is 18.3 Å². The average molecular weight is 253 g/mol. The van der Waals surface area contributed by atoms with Crippen molar-refractivity contribution in [3.8, 4) is 0 Å². The first-order valence-corrected chi connectivity index (χ1v) is 7.08. The Kier molecular flexibility index (Phi) is 4.25. The smallest absolute Gasteiger partial charge is 0.308 e. The number of carbonyl (C=O) groups excluding carboxylic acids is 1. The highest BCUT2D eigenvalue weighted by atomic mass is 16.4. The highest BCUT2D eigenvalue weighted by Gasteiger charge is 2.36. The number of amides is 1. The molecule has 4 heteroatoms. The first-order valence-electron chi connectivity index (χ1n) is 7.08. The Balaban J connectivity index is 1.77. The number of nitrogens with zero attached hydrogens (tertiary/aromatic N) is 1. The van der Waals surface area contributed by atoms with Gasteiger partial charge < -0.3 is 10.0 Å². The number of hydrogen-bond donors (Lipinski definition) is 1. The predicted octanol–water partition coefficient (Wildman–Crippen LogP) is 2.14. The molecule has 1 aliphatic heterocycles. The topological polar surface area (TPSA) is 57.6 Å². The van der Waals surface area contributed by atoms with E-state index in [9.17, 15) is 9.59 Å². The third kappa shape index (κ3) is 3.03. The van der Waals surface area contributed by atoms with E-state index in [0.29, 0.717) is 19.5 Å². The zero-order valence-corrected chi connectivity index (χ0v) is 11.1. The van der Waals surface area contributed by atoms with Crippen LogP contribution < -0.4 is 0 Å². The summed E-state index contributed by atoms with van der Waals surface area (Å²) in [6, 6.07) is 0. The van der Waals surface area contributed by atoms with Gasteiger partial charge in [-0.2, -0.15) is 0 Å². The molecule has 0 aromatic carbocycles. The Morgan fingerprint density at radius 1 is 1.22 bits per heavy atom. The fourth-order valence-corrected chi connectivity index (χ4v) is 3.28. The zero-order valence-electron chi connectivity index (χ0n) is 11.1. The van der Waals surface area contributed by atoms with Crippen molar-refractivity contribution in [2.24, 2.45) is 17.8 Å². The van der Waals surface area contributed by atoms with E-state index in [1.165, 1.54) is 25.7 Å². The van der Waals surface area contributed by atoms with Gasteiger partial charge in [0.25, 0.3) is 0 Å². The summed E-state index contributed by atoms with van der Waals surface area (Å²) in [4.78, 5) is 24.8. The SMILES string of the molecule is C[C@@H]1CN(C(=O)CCC2CCCC2)C[C@H]1C(=O)O. The molecule has 0 aromatic rings. The van der Waals surface area contributed by atoms with Crippen molar-refractivity contribution in [2.45, 2.75) is 45.4 Å². The predicted molar refractivity (Wildman–Crippen MR) is 68.1 cm³/mol. The Hall–Kier alpha value is -1.06. The van der Waals surface area contributed by atoms with E-state index < -0.39 is 5.97 Å². The van der Waals surface area contributed by atoms with E-state index in [-0.39, 0.29) is 17.7 Å². The minimum atomic E-state index is -0.770. The van der Waals surface area contributed by atoms with E-state index in [2.05, 4.69) is 0 Å². The third-order valence-electron chi connectivity index (χ3n) is 4.52. The minimum Gasteiger partial charge on any atom is -0.481 e. The lowest BCUT2D eigenvalue weighted by atomic mass is 9.99. The highest BCUT2D eigenvalue weighted by molar-refractivity contribution is 5.79. The second-order valence-electron chi connectivity index (χ2n) is 5.91. The molecule has 2 rings (SSSR count). The lowest BCUT2D eigenvalue weighted by Gasteiger charge is -2.17. The summed E-state index contributed by atoms with van der Waals surface area (Å²) < 4.78 is 0. The maximum Gasteiger partial charge on any atom is 0.308 e. The summed E-state index contributed by atoms with van der Waals surface area (Å²) in [5.41, 5.74) is 0. The van der Waals surface area contributed by atoms with Crippen LogP contribution in [-0.2, 0) is 9.59 Å². The van der Waals surface area contributed by atoms with Crippen LogP contribution in [0.4, 0.5) is 0 Å². The summed E-state index contributed by atoms with van der Waals surface area (Å²) in [5.74, 6) is -0.186. The van der Waals surface area contributed by atoms with Crippen LogP contribution in [0.3, 0.4) is 0 Å². The van der Waals surface area contributed by atoms with E-state index >= 15 is 0 Å². The van der Waals surface area contributed by atoms with Gasteiger partial charge in [-0.3, -0.25) is 9.59 Å². The van der Waals surface area contributed by atoms with E-state index in [1.54, 1.807) is 4.90 Å². The second kappa shape index (κ2) is 5.72. The molecule has 18 heavy (non-hydrogen) atoms. The molecule has 2 atom stereocenters. The Labute approximate surface area is 108 Å². The molecule has 102 valence electrons. The van der Waals surface area contributed by atoms with E-state index in [0.717, 1.165) is 12.3 Å². The molecule has 1 heterocycles. The molecule has 2 fully saturated rings. The maximum absolute atomic E-state index is 12.0. The van der Waals surface area contributed by atoms with Gasteiger partial charge >= 0.3 is 5.97 Å². The Bertz CT molecular complexity index is 323. The quantitative estimate of drug-likeness (QED) is 0.835. The van der Waals surface area contributed by atoms with E-state index in [4.69, 9.17) is 5.11 Å². The molecule has 2 aliphatic rings. The fourth-order valence-electron chi connectivity index (χ4n) is 3.28. The largest absolute Gasteiger partial charge is 0.481 e. The molecule has 1 saturated carbocycles. The highest BCUT2D eigenvalue weighted by Crippen LogP contribution is 2.30. The normalized spacial score (nSPS) is 28.8. The summed E-state index contributed by atoms with van der Waals surface area (Å²) >= 11 is 0. The fraction of sp³-hybridized carbons (Fsp3) is 0.857. The lowest BCUT2D eigenvalue weighted by molar-refractivity contribution is -0.142. The van der Waals surface area contributed by atoms with Gasteiger partial charge in [0.1, 0.15) is 0 Å². The van der Waals surface area contributed by atoms with Gasteiger partial charge in [0.05, 0.1) is 5.92 Å². The number of rotatable bonds is 4. The monoisotopic (exact) mass is 253 g/mol. The minimum absolute atomic E-state index is 0.0814. The standard InChI is InChI=1S/C14H23NO3/c1-10-8-15(9-12(10)14(17)18)13(16)7-6-11-4-2-3-5-11/h10-12H,2-9H2,1H3,(H,17,18)/t10-,12-/m1/s1. The summed E-state index contributed by atoms with van der Waals surface area (Å²) in [5, 5.41) is 9.05. The van der Waals surface area contributed by atoms with Crippen molar-refractivity contribution in [1.29, 1.82) is 0 Å². The molecule has 0 aromatic heterocycles. The molecule has 0 bridgehead atoms. The van der Waals surface area contributed by atoms with Crippen LogP contribution in [0.25, 0.3) is 0 Å². The molecule has 1 N–H and O–H groups in total. The average Bonchev–Trinajstić information content (AvgIpc) is 2.94. The number of likely N-dealkylation sites (tertiary alicyclic amines) is 1. The van der Waals surface area contributed by atoms with E-state index in [1.807, 2.05) is 6.92 Å². The molecular formula is C14H23NO3. The molecule has 0 unspecified atom stereocenters. The van der Waals surface area contributed by atoms with Gasteiger partial charge in [-0.15, -0.1) is 0 Å². The van der Waals surface area contributed by atoms with Gasteiger partial charge in [-0.1, -0.05) is 32.6 Å². The Morgan fingerprint density at radius 2 is 1.89 bits per heavy atom. The van der Waals surface area contributed by atoms with Crippen LogP contribution in [0, 0.1) is 17.8 Å². The molecule has 1 amide bonds. The molecule has 0 spiro atoms. The van der Waals surface area contributed by atoms with Gasteiger partial charge in [-0.25, -0.2) is 0 Å². The second-order valence-corrected chi connectivity index (χ2v) is 5.91. The summed E-state index contributed by atoms with van der Waals surface area (Å²) in [6.45, 7) is 2.93.